The number of carbonyl (C=O) groups is 2. The summed E-state index contributed by atoms with van der Waals surface area (Å²) >= 11 is 0. The molecule has 1 aliphatic carbocycles. The highest BCUT2D eigenvalue weighted by Crippen LogP contribution is 2.42. The van der Waals surface area contributed by atoms with Crippen molar-refractivity contribution in [2.75, 3.05) is 39.3 Å². The molecule has 2 aliphatic rings. The topological polar surface area (TPSA) is 119 Å². The molecule has 126 valence electrons. The Bertz CT molecular complexity index is 392. The number of ether oxygens (including phenoxy) is 1. The Labute approximate surface area is 131 Å². The lowest BCUT2D eigenvalue weighted by atomic mass is 9.73. The number of allylic oxidation sites excluding steroid dienone is 1. The van der Waals surface area contributed by atoms with Crippen molar-refractivity contribution in [2.24, 2.45) is 22.8 Å². The summed E-state index contributed by atoms with van der Waals surface area (Å²) in [6, 6.07) is 0. The molecule has 0 aromatic carbocycles. The maximum absolute atomic E-state index is 11.2. The first-order valence-electron chi connectivity index (χ1n) is 7.81. The smallest absolute Gasteiger partial charge is 0.324 e. The first kappa shape index (κ1) is 18.8. The van der Waals surface area contributed by atoms with Gasteiger partial charge < -0.3 is 26.8 Å². The molecular weight excluding hydrogens is 284 g/mol. The SMILES string of the molecule is CC12C=CCCC1C(=O)OC2=O.NCCNCCNCCN. The maximum atomic E-state index is 11.2. The van der Waals surface area contributed by atoms with Crippen LogP contribution >= 0.6 is 0 Å². The van der Waals surface area contributed by atoms with Gasteiger partial charge in [0.15, 0.2) is 0 Å². The van der Waals surface area contributed by atoms with Gasteiger partial charge in [0.25, 0.3) is 0 Å². The second-order valence-electron chi connectivity index (χ2n) is 5.60. The van der Waals surface area contributed by atoms with Crippen molar-refractivity contribution in [3.63, 3.8) is 0 Å². The van der Waals surface area contributed by atoms with Gasteiger partial charge in [0.2, 0.25) is 0 Å². The lowest BCUT2D eigenvalue weighted by Gasteiger charge is -2.24. The molecule has 0 aromatic rings. The number of rotatable bonds is 7. The summed E-state index contributed by atoms with van der Waals surface area (Å²) in [5.74, 6) is -0.990. The molecule has 0 saturated carbocycles. The van der Waals surface area contributed by atoms with E-state index in [1.165, 1.54) is 0 Å². The quantitative estimate of drug-likeness (QED) is 0.209. The summed E-state index contributed by atoms with van der Waals surface area (Å²) in [7, 11) is 0. The first-order valence-corrected chi connectivity index (χ1v) is 7.81. The summed E-state index contributed by atoms with van der Waals surface area (Å²) in [6.45, 7) is 6.90. The third kappa shape index (κ3) is 5.17. The summed E-state index contributed by atoms with van der Waals surface area (Å²) in [5.41, 5.74) is 9.86. The zero-order valence-corrected chi connectivity index (χ0v) is 13.3. The fourth-order valence-electron chi connectivity index (χ4n) is 2.48. The minimum atomic E-state index is -0.671. The van der Waals surface area contributed by atoms with Crippen LogP contribution in [0.4, 0.5) is 0 Å². The third-order valence-corrected chi connectivity index (χ3v) is 3.85. The van der Waals surface area contributed by atoms with E-state index in [2.05, 4.69) is 15.4 Å². The van der Waals surface area contributed by atoms with E-state index in [0.29, 0.717) is 13.1 Å². The Hall–Kier alpha value is -1.28. The van der Waals surface area contributed by atoms with Crippen molar-refractivity contribution in [2.45, 2.75) is 19.8 Å². The highest BCUT2D eigenvalue weighted by Gasteiger charge is 2.53. The number of hydrogen-bond acceptors (Lipinski definition) is 7. The Balaban J connectivity index is 0.000000225. The number of hydrogen-bond donors (Lipinski definition) is 4. The summed E-state index contributed by atoms with van der Waals surface area (Å²) < 4.78 is 4.58. The number of fused-ring (bicyclic) bond motifs is 1. The molecule has 0 aromatic heterocycles. The highest BCUT2D eigenvalue weighted by molar-refractivity contribution is 6.00. The Morgan fingerprint density at radius 2 is 1.77 bits per heavy atom. The normalized spacial score (nSPS) is 26.2. The van der Waals surface area contributed by atoms with Crippen molar-refractivity contribution in [3.8, 4) is 0 Å². The Kier molecular flexibility index (Phi) is 8.26. The van der Waals surface area contributed by atoms with E-state index in [4.69, 9.17) is 11.5 Å². The molecule has 6 N–H and O–H groups in total. The molecule has 7 nitrogen and oxygen atoms in total. The molecular formula is C15H28N4O3. The van der Waals surface area contributed by atoms with E-state index >= 15 is 0 Å². The molecule has 0 amide bonds. The van der Waals surface area contributed by atoms with Crippen LogP contribution in [0.25, 0.3) is 0 Å². The average Bonchev–Trinajstić information content (AvgIpc) is 2.74. The molecule has 2 unspecified atom stereocenters. The largest absolute Gasteiger partial charge is 0.392 e. The van der Waals surface area contributed by atoms with Crippen LogP contribution < -0.4 is 22.1 Å². The second kappa shape index (κ2) is 9.68. The van der Waals surface area contributed by atoms with E-state index in [1.54, 1.807) is 13.0 Å². The predicted molar refractivity (Wildman–Crippen MR) is 84.9 cm³/mol. The van der Waals surface area contributed by atoms with E-state index in [-0.39, 0.29) is 11.9 Å². The number of cyclic esters (lactones) is 2. The van der Waals surface area contributed by atoms with Crippen LogP contribution in [0.1, 0.15) is 19.8 Å². The predicted octanol–water partition coefficient (Wildman–Crippen LogP) is -0.875. The van der Waals surface area contributed by atoms with E-state index in [0.717, 1.165) is 39.0 Å². The molecule has 2 rings (SSSR count). The van der Waals surface area contributed by atoms with Crippen LogP contribution in [-0.2, 0) is 14.3 Å². The van der Waals surface area contributed by atoms with Crippen LogP contribution in [0.5, 0.6) is 0 Å². The molecule has 1 fully saturated rings. The van der Waals surface area contributed by atoms with Gasteiger partial charge in [-0.25, -0.2) is 0 Å². The fourth-order valence-corrected chi connectivity index (χ4v) is 2.48. The minimum Gasteiger partial charge on any atom is -0.392 e. The number of carbonyl (C=O) groups excluding carboxylic acids is 2. The Morgan fingerprint density at radius 3 is 2.27 bits per heavy atom. The number of nitrogens with two attached hydrogens (primary N) is 2. The van der Waals surface area contributed by atoms with E-state index in [1.807, 2.05) is 6.08 Å². The second-order valence-corrected chi connectivity index (χ2v) is 5.60. The van der Waals surface area contributed by atoms with Gasteiger partial charge >= 0.3 is 11.9 Å². The molecule has 0 bridgehead atoms. The molecule has 1 aliphatic heterocycles. The highest BCUT2D eigenvalue weighted by atomic mass is 16.6. The molecule has 1 saturated heterocycles. The van der Waals surface area contributed by atoms with Crippen molar-refractivity contribution in [1.82, 2.24) is 10.6 Å². The van der Waals surface area contributed by atoms with Crippen LogP contribution in [0.3, 0.4) is 0 Å². The lowest BCUT2D eigenvalue weighted by molar-refractivity contribution is -0.154. The van der Waals surface area contributed by atoms with Crippen LogP contribution in [0.15, 0.2) is 12.2 Å². The number of esters is 2. The maximum Gasteiger partial charge on any atom is 0.324 e. The van der Waals surface area contributed by atoms with Gasteiger partial charge in [-0.3, -0.25) is 9.59 Å². The molecule has 2 atom stereocenters. The van der Waals surface area contributed by atoms with Crippen LogP contribution in [0, 0.1) is 11.3 Å². The molecule has 0 spiro atoms. The summed E-state index contributed by atoms with van der Waals surface area (Å²) in [6.07, 6.45) is 5.34. The van der Waals surface area contributed by atoms with Gasteiger partial charge in [0.1, 0.15) is 0 Å². The van der Waals surface area contributed by atoms with E-state index in [9.17, 15) is 9.59 Å². The standard InChI is InChI=1S/C9H10O3.C6H18N4/c1-9-5-3-2-4-6(9)7(10)12-8(9)11;7-1-3-9-5-6-10-4-2-8/h3,5-6H,2,4H2,1H3;9-10H,1-8H2. The van der Waals surface area contributed by atoms with Gasteiger partial charge in [-0.15, -0.1) is 0 Å². The monoisotopic (exact) mass is 312 g/mol. The van der Waals surface area contributed by atoms with Gasteiger partial charge in [0, 0.05) is 39.3 Å². The van der Waals surface area contributed by atoms with Crippen molar-refractivity contribution >= 4 is 11.9 Å². The van der Waals surface area contributed by atoms with E-state index < -0.39 is 11.4 Å². The summed E-state index contributed by atoms with van der Waals surface area (Å²) in [4.78, 5) is 22.4. The zero-order chi connectivity index (χ0) is 16.4. The van der Waals surface area contributed by atoms with Crippen LogP contribution in [0.2, 0.25) is 0 Å². The molecule has 22 heavy (non-hydrogen) atoms. The molecule has 7 heteroatoms. The van der Waals surface area contributed by atoms with Crippen LogP contribution in [-0.4, -0.2) is 51.2 Å². The lowest BCUT2D eigenvalue weighted by Crippen LogP contribution is -2.32. The zero-order valence-electron chi connectivity index (χ0n) is 13.3. The van der Waals surface area contributed by atoms with Crippen molar-refractivity contribution in [1.29, 1.82) is 0 Å². The van der Waals surface area contributed by atoms with Crippen molar-refractivity contribution < 1.29 is 14.3 Å². The Morgan fingerprint density at radius 1 is 1.18 bits per heavy atom. The number of nitrogens with one attached hydrogen (secondary N) is 2. The van der Waals surface area contributed by atoms with Gasteiger partial charge in [-0.05, 0) is 19.8 Å². The molecule has 1 heterocycles. The summed E-state index contributed by atoms with van der Waals surface area (Å²) in [5, 5.41) is 6.33. The fraction of sp³-hybridized carbons (Fsp3) is 0.733. The molecule has 0 radical (unpaired) electrons. The average molecular weight is 312 g/mol. The van der Waals surface area contributed by atoms with Gasteiger partial charge in [-0.2, -0.15) is 0 Å². The van der Waals surface area contributed by atoms with Gasteiger partial charge in [0.05, 0.1) is 11.3 Å². The minimum absolute atomic E-state index is 0.241. The third-order valence-electron chi connectivity index (χ3n) is 3.85. The van der Waals surface area contributed by atoms with Crippen molar-refractivity contribution in [3.05, 3.63) is 12.2 Å². The van der Waals surface area contributed by atoms with Gasteiger partial charge in [-0.1, -0.05) is 12.2 Å². The first-order chi connectivity index (χ1) is 10.6.